The smallest absolute Gasteiger partial charge is 0.137 e. The van der Waals surface area contributed by atoms with Crippen molar-refractivity contribution in [2.24, 2.45) is 5.73 Å². The molecule has 0 aromatic heterocycles. The molecule has 5 heteroatoms. The summed E-state index contributed by atoms with van der Waals surface area (Å²) in [4.78, 5) is 2.02. The Hall–Kier alpha value is -1.59. The van der Waals surface area contributed by atoms with E-state index in [4.69, 9.17) is 10.5 Å². The van der Waals surface area contributed by atoms with Gasteiger partial charge < -0.3 is 15.4 Å². The van der Waals surface area contributed by atoms with E-state index < -0.39 is 0 Å². The van der Waals surface area contributed by atoms with Gasteiger partial charge in [-0.2, -0.15) is 0 Å². The van der Waals surface area contributed by atoms with E-state index >= 15 is 0 Å². The Morgan fingerprint density at radius 2 is 2.05 bits per heavy atom. The van der Waals surface area contributed by atoms with Crippen LogP contribution in [0.5, 0.6) is 5.75 Å². The van der Waals surface area contributed by atoms with Gasteiger partial charge in [0.2, 0.25) is 0 Å². The average Bonchev–Trinajstić information content (AvgIpc) is 2.51. The number of likely N-dealkylation sites (N-methyl/N-ethyl adjacent to an activating group) is 1. The van der Waals surface area contributed by atoms with Crippen molar-refractivity contribution in [3.63, 3.8) is 0 Å². The van der Waals surface area contributed by atoms with Gasteiger partial charge in [0.25, 0.3) is 0 Å². The van der Waals surface area contributed by atoms with E-state index in [9.17, 15) is 4.39 Å². The van der Waals surface area contributed by atoms with E-state index in [0.29, 0.717) is 11.0 Å². The molecule has 2 aromatic rings. The van der Waals surface area contributed by atoms with Crippen LogP contribution in [0.2, 0.25) is 0 Å². The lowest BCUT2D eigenvalue weighted by Gasteiger charge is -2.30. The molecule has 112 valence electrons. The highest BCUT2D eigenvalue weighted by Gasteiger charge is 2.17. The fourth-order valence-corrected chi connectivity index (χ4v) is 2.49. The molecule has 2 rings (SSSR count). The number of anilines is 1. The van der Waals surface area contributed by atoms with E-state index in [0.717, 1.165) is 17.0 Å². The average molecular weight is 353 g/mol. The highest BCUT2D eigenvalue weighted by atomic mass is 79.9. The minimum Gasteiger partial charge on any atom is -0.497 e. The summed E-state index contributed by atoms with van der Waals surface area (Å²) in [5.41, 5.74) is 7.70. The number of ether oxygens (including phenoxy) is 1. The van der Waals surface area contributed by atoms with Gasteiger partial charge in [-0.15, -0.1) is 0 Å². The standard InChI is InChI=1S/C16H18BrFN2O/c1-20(12-4-3-5-13(9-12)21-2)16(10-19)11-6-7-14(17)15(18)8-11/h3-9,16H,10,19H2,1-2H3. The number of methoxy groups -OCH3 is 1. The second-order valence-electron chi connectivity index (χ2n) is 4.74. The summed E-state index contributed by atoms with van der Waals surface area (Å²) in [6, 6.07) is 12.7. The summed E-state index contributed by atoms with van der Waals surface area (Å²) in [5, 5.41) is 0. The first-order valence-corrected chi connectivity index (χ1v) is 7.38. The molecule has 2 N–H and O–H groups in total. The molecule has 0 aliphatic carbocycles. The second kappa shape index (κ2) is 6.91. The molecule has 0 radical (unpaired) electrons. The third-order valence-corrected chi connectivity index (χ3v) is 4.12. The summed E-state index contributed by atoms with van der Waals surface area (Å²) in [6.45, 7) is 0.384. The number of halogens is 2. The van der Waals surface area contributed by atoms with E-state index in [1.807, 2.05) is 42.3 Å². The van der Waals surface area contributed by atoms with Crippen molar-refractivity contribution in [3.05, 3.63) is 58.3 Å². The fourth-order valence-electron chi connectivity index (χ4n) is 2.25. The molecule has 0 bridgehead atoms. The van der Waals surface area contributed by atoms with Crippen LogP contribution in [0, 0.1) is 5.82 Å². The molecule has 1 atom stereocenters. The van der Waals surface area contributed by atoms with Crippen LogP contribution in [-0.4, -0.2) is 20.7 Å². The summed E-state index contributed by atoms with van der Waals surface area (Å²) in [6.07, 6.45) is 0. The minimum atomic E-state index is -0.287. The van der Waals surface area contributed by atoms with Crippen LogP contribution in [0.1, 0.15) is 11.6 Å². The minimum absolute atomic E-state index is 0.111. The number of rotatable bonds is 5. The predicted molar refractivity (Wildman–Crippen MR) is 87.3 cm³/mol. The van der Waals surface area contributed by atoms with Crippen LogP contribution in [0.4, 0.5) is 10.1 Å². The predicted octanol–water partition coefficient (Wildman–Crippen LogP) is 3.73. The van der Waals surface area contributed by atoms with Crippen LogP contribution in [0.15, 0.2) is 46.9 Å². The topological polar surface area (TPSA) is 38.5 Å². The molecule has 21 heavy (non-hydrogen) atoms. The van der Waals surface area contributed by atoms with Crippen molar-refractivity contribution in [1.82, 2.24) is 0 Å². The zero-order valence-electron chi connectivity index (χ0n) is 12.0. The number of benzene rings is 2. The molecule has 0 aliphatic heterocycles. The lowest BCUT2D eigenvalue weighted by Crippen LogP contribution is -2.30. The van der Waals surface area contributed by atoms with Crippen molar-refractivity contribution in [2.45, 2.75) is 6.04 Å². The van der Waals surface area contributed by atoms with Gasteiger partial charge in [0.15, 0.2) is 0 Å². The van der Waals surface area contributed by atoms with Crippen LogP contribution < -0.4 is 15.4 Å². The van der Waals surface area contributed by atoms with Crippen LogP contribution >= 0.6 is 15.9 Å². The highest BCUT2D eigenvalue weighted by Crippen LogP contribution is 2.29. The second-order valence-corrected chi connectivity index (χ2v) is 5.59. The molecule has 0 saturated carbocycles. The van der Waals surface area contributed by atoms with E-state index in [1.54, 1.807) is 13.2 Å². The largest absolute Gasteiger partial charge is 0.497 e. The lowest BCUT2D eigenvalue weighted by atomic mass is 10.0. The van der Waals surface area contributed by atoms with Gasteiger partial charge in [0, 0.05) is 25.3 Å². The molecular weight excluding hydrogens is 335 g/mol. The molecule has 0 fully saturated rings. The molecule has 0 amide bonds. The Morgan fingerprint density at radius 3 is 2.67 bits per heavy atom. The zero-order valence-corrected chi connectivity index (χ0v) is 13.6. The lowest BCUT2D eigenvalue weighted by molar-refractivity contribution is 0.414. The van der Waals surface area contributed by atoms with Gasteiger partial charge >= 0.3 is 0 Å². The normalized spacial score (nSPS) is 12.0. The van der Waals surface area contributed by atoms with Crippen LogP contribution in [0.3, 0.4) is 0 Å². The fraction of sp³-hybridized carbons (Fsp3) is 0.250. The summed E-state index contributed by atoms with van der Waals surface area (Å²) in [7, 11) is 3.57. The zero-order chi connectivity index (χ0) is 15.4. The molecule has 3 nitrogen and oxygen atoms in total. The molecule has 0 saturated heterocycles. The van der Waals surface area contributed by atoms with E-state index in [1.165, 1.54) is 6.07 Å². The van der Waals surface area contributed by atoms with E-state index in [2.05, 4.69) is 15.9 Å². The monoisotopic (exact) mass is 352 g/mol. The number of nitrogens with zero attached hydrogens (tertiary/aromatic N) is 1. The van der Waals surface area contributed by atoms with Gasteiger partial charge in [0.1, 0.15) is 11.6 Å². The highest BCUT2D eigenvalue weighted by molar-refractivity contribution is 9.10. The summed E-state index contributed by atoms with van der Waals surface area (Å²) < 4.78 is 19.4. The maximum atomic E-state index is 13.7. The summed E-state index contributed by atoms with van der Waals surface area (Å²) >= 11 is 3.16. The molecule has 0 aliphatic rings. The third-order valence-electron chi connectivity index (χ3n) is 3.48. The number of hydrogen-bond donors (Lipinski definition) is 1. The first-order chi connectivity index (χ1) is 10.1. The van der Waals surface area contributed by atoms with Crippen molar-refractivity contribution < 1.29 is 9.13 Å². The van der Waals surface area contributed by atoms with Gasteiger partial charge in [-0.25, -0.2) is 4.39 Å². The molecular formula is C16H18BrFN2O. The van der Waals surface area contributed by atoms with Crippen molar-refractivity contribution in [1.29, 1.82) is 0 Å². The first kappa shape index (κ1) is 15.8. The Balaban J connectivity index is 2.32. The van der Waals surface area contributed by atoms with Crippen LogP contribution in [0.25, 0.3) is 0 Å². The Kier molecular flexibility index (Phi) is 5.20. The maximum absolute atomic E-state index is 13.7. The van der Waals surface area contributed by atoms with E-state index in [-0.39, 0.29) is 11.9 Å². The van der Waals surface area contributed by atoms with Gasteiger partial charge in [0.05, 0.1) is 17.6 Å². The van der Waals surface area contributed by atoms with Gasteiger partial charge in [-0.05, 0) is 45.8 Å². The SMILES string of the molecule is COc1cccc(N(C)C(CN)c2ccc(Br)c(F)c2)c1. The van der Waals surface area contributed by atoms with Crippen molar-refractivity contribution in [3.8, 4) is 5.75 Å². The molecule has 0 spiro atoms. The quantitative estimate of drug-likeness (QED) is 0.890. The molecule has 1 unspecified atom stereocenters. The third kappa shape index (κ3) is 3.54. The van der Waals surface area contributed by atoms with Crippen molar-refractivity contribution in [2.75, 3.05) is 25.6 Å². The molecule has 2 aromatic carbocycles. The number of nitrogens with two attached hydrogens (primary N) is 1. The van der Waals surface area contributed by atoms with Crippen molar-refractivity contribution >= 4 is 21.6 Å². The molecule has 0 heterocycles. The maximum Gasteiger partial charge on any atom is 0.137 e. The number of hydrogen-bond acceptors (Lipinski definition) is 3. The van der Waals surface area contributed by atoms with Gasteiger partial charge in [-0.3, -0.25) is 0 Å². The first-order valence-electron chi connectivity index (χ1n) is 6.58. The Morgan fingerprint density at radius 1 is 1.29 bits per heavy atom. The van der Waals surface area contributed by atoms with Crippen LogP contribution in [-0.2, 0) is 0 Å². The van der Waals surface area contributed by atoms with Gasteiger partial charge in [-0.1, -0.05) is 12.1 Å². The Bertz CT molecular complexity index is 621. The Labute approximate surface area is 132 Å². The summed E-state index contributed by atoms with van der Waals surface area (Å²) in [5.74, 6) is 0.488.